The lowest BCUT2D eigenvalue weighted by Gasteiger charge is -2.10. The number of aliphatic hydroxyl groups excluding tert-OH is 1. The van der Waals surface area contributed by atoms with Crippen LogP contribution in [0.5, 0.6) is 0 Å². The maximum atomic E-state index is 12.0. The van der Waals surface area contributed by atoms with Crippen molar-refractivity contribution in [1.29, 1.82) is 0 Å². The highest BCUT2D eigenvalue weighted by Gasteiger charge is 2.28. The summed E-state index contributed by atoms with van der Waals surface area (Å²) in [7, 11) is -0.473. The average molecular weight is 332 g/mol. The van der Waals surface area contributed by atoms with Crippen LogP contribution in [0.4, 0.5) is 0 Å². The molecule has 108 valence electrons. The number of carbonyl (C=O) groups is 1. The van der Waals surface area contributed by atoms with Crippen LogP contribution < -0.4 is 0 Å². The number of fused-ring (bicyclic) bond motifs is 1. The summed E-state index contributed by atoms with van der Waals surface area (Å²) >= 11 is 2.35. The fourth-order valence-corrected chi connectivity index (χ4v) is 5.18. The van der Waals surface area contributed by atoms with E-state index in [-0.39, 0.29) is 15.6 Å². The van der Waals surface area contributed by atoms with Crippen LogP contribution in [0.25, 0.3) is 0 Å². The van der Waals surface area contributed by atoms with E-state index in [1.165, 1.54) is 29.1 Å². The van der Waals surface area contributed by atoms with Crippen LogP contribution in [0.15, 0.2) is 30.7 Å². The van der Waals surface area contributed by atoms with Gasteiger partial charge >= 0.3 is 0 Å². The molecule has 0 aromatic carbocycles. The Labute approximate surface area is 124 Å². The van der Waals surface area contributed by atoms with Gasteiger partial charge in [0, 0.05) is 31.0 Å². The molecular weight excluding hydrogens is 320 g/mol. The second-order valence-electron chi connectivity index (χ2n) is 4.20. The van der Waals surface area contributed by atoms with Gasteiger partial charge in [-0.05, 0) is 6.07 Å². The van der Waals surface area contributed by atoms with E-state index < -0.39 is 10.0 Å². The Bertz CT molecular complexity index is 701. The van der Waals surface area contributed by atoms with Gasteiger partial charge in [0.15, 0.2) is 5.78 Å². The van der Waals surface area contributed by atoms with Gasteiger partial charge in [-0.3, -0.25) is 4.79 Å². The molecule has 0 bridgehead atoms. The molecule has 1 aromatic rings. The molecule has 0 saturated carbocycles. The largest absolute Gasteiger partial charge is 0.515 e. The van der Waals surface area contributed by atoms with Crippen LogP contribution in [-0.2, 0) is 10.0 Å². The topological polar surface area (TPSA) is 87.0 Å². The first-order valence-electron chi connectivity index (χ1n) is 5.46. The second-order valence-corrected chi connectivity index (χ2v) is 8.35. The van der Waals surface area contributed by atoms with Gasteiger partial charge in [-0.1, -0.05) is 0 Å². The van der Waals surface area contributed by atoms with Gasteiger partial charge in [0.25, 0.3) is 10.0 Å². The zero-order chi connectivity index (χ0) is 14.9. The summed E-state index contributed by atoms with van der Waals surface area (Å²) in [6.07, 6.45) is 1.97. The number of thioether (sulfide) groups is 1. The third kappa shape index (κ3) is 2.89. The molecule has 1 aliphatic heterocycles. The van der Waals surface area contributed by atoms with Gasteiger partial charge < -0.3 is 10.0 Å². The molecule has 20 heavy (non-hydrogen) atoms. The van der Waals surface area contributed by atoms with E-state index in [0.29, 0.717) is 15.5 Å². The smallest absolute Gasteiger partial charge is 0.293 e. The lowest BCUT2D eigenvalue weighted by molar-refractivity contribution is 0.102. The lowest BCUT2D eigenvalue weighted by Crippen LogP contribution is -2.10. The maximum absolute atomic E-state index is 12.0. The van der Waals surface area contributed by atoms with E-state index in [9.17, 15) is 13.2 Å². The summed E-state index contributed by atoms with van der Waals surface area (Å²) in [6.45, 7) is 0. The Morgan fingerprint density at radius 3 is 2.75 bits per heavy atom. The van der Waals surface area contributed by atoms with Crippen LogP contribution in [0.3, 0.4) is 0 Å². The molecule has 0 radical (unpaired) electrons. The van der Waals surface area contributed by atoms with Crippen molar-refractivity contribution in [3.63, 3.8) is 0 Å². The predicted molar refractivity (Wildman–Crippen MR) is 79.5 cm³/mol. The zero-order valence-electron chi connectivity index (χ0n) is 10.7. The number of ketones is 1. The molecule has 0 unspecified atom stereocenters. The zero-order valence-corrected chi connectivity index (χ0v) is 13.2. The van der Waals surface area contributed by atoms with Gasteiger partial charge in [0.2, 0.25) is 0 Å². The fourth-order valence-electron chi connectivity index (χ4n) is 1.43. The summed E-state index contributed by atoms with van der Waals surface area (Å²) in [6, 6.07) is 1.32. The first-order chi connectivity index (χ1) is 9.35. The summed E-state index contributed by atoms with van der Waals surface area (Å²) < 4.78 is 28.2. The first-order valence-corrected chi connectivity index (χ1v) is 8.71. The van der Waals surface area contributed by atoms with Crippen molar-refractivity contribution in [2.75, 3.05) is 19.8 Å². The molecule has 0 fully saturated rings. The molecule has 0 spiro atoms. The molecule has 1 aliphatic rings. The average Bonchev–Trinajstić information content (AvgIpc) is 2.83. The van der Waals surface area contributed by atoms with Crippen LogP contribution in [0, 0.1) is 0 Å². The molecule has 1 aromatic heterocycles. The van der Waals surface area contributed by atoms with Crippen molar-refractivity contribution in [2.24, 2.45) is 4.40 Å². The fraction of sp³-hybridized carbons (Fsp3) is 0.273. The molecule has 2 rings (SSSR count). The van der Waals surface area contributed by atoms with Gasteiger partial charge in [-0.25, -0.2) is 0 Å². The van der Waals surface area contributed by atoms with Gasteiger partial charge in [0.05, 0.1) is 10.5 Å². The molecule has 9 heteroatoms. The molecule has 2 heterocycles. The lowest BCUT2D eigenvalue weighted by atomic mass is 10.1. The quantitative estimate of drug-likeness (QED) is 0.393. The summed E-state index contributed by atoms with van der Waals surface area (Å²) in [5.74, 6) is -0.000857. The normalized spacial score (nSPS) is 17.7. The number of rotatable bonds is 3. The summed E-state index contributed by atoms with van der Waals surface area (Å²) in [5, 5.41) is 8.96. The first kappa shape index (κ1) is 15.1. The van der Waals surface area contributed by atoms with Crippen LogP contribution >= 0.6 is 23.1 Å². The number of Topliss-reactive ketones (excluding diaryl/α,β-unsaturated/α-hetero) is 1. The Hall–Kier alpha value is -1.32. The van der Waals surface area contributed by atoms with Crippen molar-refractivity contribution in [3.05, 3.63) is 23.5 Å². The minimum atomic E-state index is -3.80. The number of hydrogen-bond donors (Lipinski definition) is 1. The van der Waals surface area contributed by atoms with Gasteiger partial charge in [-0.2, -0.15) is 8.42 Å². The summed E-state index contributed by atoms with van der Waals surface area (Å²) in [4.78, 5) is 13.5. The monoisotopic (exact) mass is 332 g/mol. The van der Waals surface area contributed by atoms with Gasteiger partial charge in [-0.15, -0.1) is 27.5 Å². The minimum Gasteiger partial charge on any atom is -0.515 e. The van der Waals surface area contributed by atoms with Gasteiger partial charge in [0.1, 0.15) is 10.5 Å². The molecule has 1 N–H and O–H groups in total. The van der Waals surface area contributed by atoms with Crippen molar-refractivity contribution in [1.82, 2.24) is 4.90 Å². The number of nitrogens with zero attached hydrogens (tertiary/aromatic N) is 2. The Morgan fingerprint density at radius 1 is 1.45 bits per heavy atom. The third-order valence-electron chi connectivity index (χ3n) is 2.40. The number of sulfonamides is 1. The van der Waals surface area contributed by atoms with Crippen LogP contribution in [0.2, 0.25) is 0 Å². The Morgan fingerprint density at radius 2 is 2.15 bits per heavy atom. The molecule has 0 aliphatic carbocycles. The third-order valence-corrected chi connectivity index (χ3v) is 6.54. The van der Waals surface area contributed by atoms with Crippen molar-refractivity contribution in [3.8, 4) is 0 Å². The number of carbonyl (C=O) groups excluding carboxylic acids is 1. The standard InChI is InChI=1S/C11H12N2O4S3/c1-13(2)6-12-20(16,17)9-3-8-10(15)7(4-14)5-18-11(8)19-9/h3-4,6,14H,5H2,1-2H3/b7-4+,12-6-. The van der Waals surface area contributed by atoms with E-state index in [2.05, 4.69) is 4.40 Å². The van der Waals surface area contributed by atoms with E-state index in [0.717, 1.165) is 17.6 Å². The minimum absolute atomic E-state index is 0.0284. The van der Waals surface area contributed by atoms with E-state index >= 15 is 0 Å². The van der Waals surface area contributed by atoms with E-state index in [1.54, 1.807) is 14.1 Å². The maximum Gasteiger partial charge on any atom is 0.293 e. The van der Waals surface area contributed by atoms with Crippen LogP contribution in [0.1, 0.15) is 10.4 Å². The van der Waals surface area contributed by atoms with E-state index in [4.69, 9.17) is 5.11 Å². The number of hydrogen-bond acceptors (Lipinski definition) is 6. The highest BCUT2D eigenvalue weighted by molar-refractivity contribution is 8.02. The highest BCUT2D eigenvalue weighted by atomic mass is 32.3. The second kappa shape index (κ2) is 5.58. The van der Waals surface area contributed by atoms with Crippen molar-refractivity contribution < 1.29 is 18.3 Å². The SMILES string of the molecule is CN(C)/C=N\S(=O)(=O)c1cc2c(s1)SC/C(=C\O)C2=O. The number of aliphatic hydroxyl groups is 1. The summed E-state index contributed by atoms with van der Waals surface area (Å²) in [5.41, 5.74) is 0.575. The predicted octanol–water partition coefficient (Wildman–Crippen LogP) is 1.76. The van der Waals surface area contributed by atoms with Crippen LogP contribution in [-0.4, -0.2) is 50.4 Å². The van der Waals surface area contributed by atoms with Crippen molar-refractivity contribution in [2.45, 2.75) is 8.42 Å². The molecule has 0 atom stereocenters. The van der Waals surface area contributed by atoms with E-state index in [1.807, 2.05) is 0 Å². The Balaban J connectivity index is 2.41. The molecular formula is C11H12N2O4S3. The molecule has 0 amide bonds. The van der Waals surface area contributed by atoms with Crippen molar-refractivity contribution >= 4 is 45.2 Å². The number of thiophene rings is 1. The Kier molecular flexibility index (Phi) is 4.21. The highest BCUT2D eigenvalue weighted by Crippen LogP contribution is 2.40. The molecule has 6 nitrogen and oxygen atoms in total. The molecule has 0 saturated heterocycles.